The number of ether oxygens (including phenoxy) is 1. The lowest BCUT2D eigenvalue weighted by Gasteiger charge is -2.40. The third kappa shape index (κ3) is 5.46. The maximum atomic E-state index is 13.0. The summed E-state index contributed by atoms with van der Waals surface area (Å²) in [6.07, 6.45) is -0.358. The van der Waals surface area contributed by atoms with Crippen LogP contribution in [0.1, 0.15) is 18.5 Å². The summed E-state index contributed by atoms with van der Waals surface area (Å²) in [5.74, 6) is 0.0922. The minimum Gasteiger partial charge on any atom is -0.366 e. The Morgan fingerprint density at radius 3 is 2.88 bits per heavy atom. The van der Waals surface area contributed by atoms with E-state index in [0.717, 1.165) is 31.7 Å². The summed E-state index contributed by atoms with van der Waals surface area (Å²) in [5.41, 5.74) is 1.07. The minimum atomic E-state index is -0.358. The van der Waals surface area contributed by atoms with Gasteiger partial charge in [0.05, 0.1) is 12.6 Å². The number of carbonyl (C=O) groups excluding carboxylic acids is 1. The molecule has 3 rings (SSSR count). The molecule has 1 aromatic rings. The first-order valence-corrected chi connectivity index (χ1v) is 8.67. The van der Waals surface area contributed by atoms with Crippen LogP contribution in [0.4, 0.5) is 0 Å². The Bertz CT molecular complexity index is 562. The monoisotopic (exact) mass is 409 g/mol. The van der Waals surface area contributed by atoms with Gasteiger partial charge in [0.2, 0.25) is 0 Å². The minimum absolute atomic E-state index is 0. The highest BCUT2D eigenvalue weighted by Crippen LogP contribution is 2.26. The van der Waals surface area contributed by atoms with Gasteiger partial charge < -0.3 is 15.0 Å². The van der Waals surface area contributed by atoms with Gasteiger partial charge in [0.1, 0.15) is 6.10 Å². The Kier molecular flexibility index (Phi) is 9.49. The van der Waals surface area contributed by atoms with E-state index in [9.17, 15) is 4.79 Å². The second-order valence-corrected chi connectivity index (χ2v) is 6.50. The molecule has 0 aromatic heterocycles. The molecular weight excluding hydrogens is 385 g/mol. The van der Waals surface area contributed by atoms with Crippen LogP contribution in [0, 0.1) is 0 Å². The van der Waals surface area contributed by atoms with Gasteiger partial charge in [-0.25, -0.2) is 0 Å². The zero-order valence-corrected chi connectivity index (χ0v) is 16.7. The first-order chi connectivity index (χ1) is 11.2. The summed E-state index contributed by atoms with van der Waals surface area (Å²) in [6, 6.07) is 7.78. The molecule has 0 bridgehead atoms. The number of likely N-dealkylation sites (N-methyl/N-ethyl adjacent to an activating group) is 1. The molecule has 2 aliphatic heterocycles. The molecule has 2 heterocycles. The van der Waals surface area contributed by atoms with Crippen molar-refractivity contribution in [1.29, 1.82) is 0 Å². The standard InChI is InChI=1S/C17H24ClN3O2.2ClH/c1-2-20-8-9-23-16(12-20)17(22)21-7-6-19-11-15(21)13-4-3-5-14(18)10-13;;/h3-5,10,15-16,19H,2,6-9,11-12H2,1H3;2*1H. The van der Waals surface area contributed by atoms with E-state index >= 15 is 0 Å². The number of carbonyl (C=O) groups is 1. The summed E-state index contributed by atoms with van der Waals surface area (Å²) in [4.78, 5) is 17.2. The molecule has 2 saturated heterocycles. The van der Waals surface area contributed by atoms with Crippen LogP contribution in [-0.2, 0) is 9.53 Å². The lowest BCUT2D eigenvalue weighted by Crippen LogP contribution is -2.56. The lowest BCUT2D eigenvalue weighted by atomic mass is 10.0. The van der Waals surface area contributed by atoms with Crippen molar-refractivity contribution in [2.45, 2.75) is 19.1 Å². The smallest absolute Gasteiger partial charge is 0.253 e. The average molecular weight is 411 g/mol. The van der Waals surface area contributed by atoms with Crippen molar-refractivity contribution < 1.29 is 9.53 Å². The highest BCUT2D eigenvalue weighted by atomic mass is 35.5. The summed E-state index contributed by atoms with van der Waals surface area (Å²) >= 11 is 6.12. The highest BCUT2D eigenvalue weighted by Gasteiger charge is 2.35. The highest BCUT2D eigenvalue weighted by molar-refractivity contribution is 6.30. The topological polar surface area (TPSA) is 44.8 Å². The molecule has 0 saturated carbocycles. The largest absolute Gasteiger partial charge is 0.366 e. The van der Waals surface area contributed by atoms with Crippen LogP contribution in [-0.4, -0.2) is 67.7 Å². The van der Waals surface area contributed by atoms with Gasteiger partial charge in [-0.1, -0.05) is 30.7 Å². The zero-order valence-electron chi connectivity index (χ0n) is 14.3. The van der Waals surface area contributed by atoms with Crippen LogP contribution >= 0.6 is 36.4 Å². The van der Waals surface area contributed by atoms with Crippen molar-refractivity contribution in [3.8, 4) is 0 Å². The van der Waals surface area contributed by atoms with E-state index in [1.807, 2.05) is 29.2 Å². The maximum absolute atomic E-state index is 13.0. The van der Waals surface area contributed by atoms with Crippen LogP contribution in [0.3, 0.4) is 0 Å². The van der Waals surface area contributed by atoms with Crippen LogP contribution in [0.2, 0.25) is 5.02 Å². The predicted molar refractivity (Wildman–Crippen MR) is 105 cm³/mol. The quantitative estimate of drug-likeness (QED) is 0.831. The third-order valence-electron chi connectivity index (χ3n) is 4.63. The molecule has 5 nitrogen and oxygen atoms in total. The van der Waals surface area contributed by atoms with Gasteiger partial charge in [-0.05, 0) is 24.2 Å². The zero-order chi connectivity index (χ0) is 16.2. The molecule has 0 aliphatic carbocycles. The Hall–Kier alpha value is -0.560. The van der Waals surface area contributed by atoms with Crippen molar-refractivity contribution in [1.82, 2.24) is 15.1 Å². The third-order valence-corrected chi connectivity index (χ3v) is 4.87. The average Bonchev–Trinajstić information content (AvgIpc) is 2.61. The fourth-order valence-electron chi connectivity index (χ4n) is 3.30. The van der Waals surface area contributed by atoms with E-state index in [1.165, 1.54) is 0 Å². The summed E-state index contributed by atoms with van der Waals surface area (Å²) in [5, 5.41) is 4.07. The number of hydrogen-bond donors (Lipinski definition) is 1. The van der Waals surface area contributed by atoms with Gasteiger partial charge in [-0.2, -0.15) is 0 Å². The normalized spacial score (nSPS) is 24.2. The molecule has 1 aromatic carbocycles. The van der Waals surface area contributed by atoms with Gasteiger partial charge in [-0.15, -0.1) is 24.8 Å². The number of piperazine rings is 1. The number of rotatable bonds is 3. The number of morpholine rings is 1. The Balaban J connectivity index is 0.00000156. The van der Waals surface area contributed by atoms with Crippen molar-refractivity contribution in [2.75, 3.05) is 45.9 Å². The molecule has 0 spiro atoms. The van der Waals surface area contributed by atoms with E-state index in [4.69, 9.17) is 16.3 Å². The first-order valence-electron chi connectivity index (χ1n) is 8.29. The fraction of sp³-hybridized carbons (Fsp3) is 0.588. The van der Waals surface area contributed by atoms with E-state index < -0.39 is 0 Å². The van der Waals surface area contributed by atoms with Gasteiger partial charge in [0, 0.05) is 37.7 Å². The van der Waals surface area contributed by atoms with Crippen molar-refractivity contribution >= 4 is 42.3 Å². The van der Waals surface area contributed by atoms with Crippen LogP contribution < -0.4 is 5.32 Å². The maximum Gasteiger partial charge on any atom is 0.253 e. The van der Waals surface area contributed by atoms with Gasteiger partial charge in [0.25, 0.3) is 5.91 Å². The summed E-state index contributed by atoms with van der Waals surface area (Å²) < 4.78 is 5.75. The fourth-order valence-corrected chi connectivity index (χ4v) is 3.50. The summed E-state index contributed by atoms with van der Waals surface area (Å²) in [6.45, 7) is 7.53. The van der Waals surface area contributed by atoms with Crippen molar-refractivity contribution in [3.63, 3.8) is 0 Å². The SMILES string of the molecule is CCN1CCOC(C(=O)N2CCNCC2c2cccc(Cl)c2)C1.Cl.Cl. The summed E-state index contributed by atoms with van der Waals surface area (Å²) in [7, 11) is 0. The van der Waals surface area contributed by atoms with E-state index in [2.05, 4.69) is 17.1 Å². The Morgan fingerprint density at radius 1 is 1.36 bits per heavy atom. The first kappa shape index (κ1) is 22.5. The second kappa shape index (κ2) is 10.6. The lowest BCUT2D eigenvalue weighted by molar-refractivity contribution is -0.152. The number of hydrogen-bond acceptors (Lipinski definition) is 4. The molecule has 1 N–H and O–H groups in total. The molecule has 2 atom stereocenters. The number of nitrogens with zero attached hydrogens (tertiary/aromatic N) is 2. The number of nitrogens with one attached hydrogen (secondary N) is 1. The van der Waals surface area contributed by atoms with Gasteiger partial charge in [-0.3, -0.25) is 9.69 Å². The van der Waals surface area contributed by atoms with Crippen molar-refractivity contribution in [2.24, 2.45) is 0 Å². The molecule has 8 heteroatoms. The molecule has 2 aliphatic rings. The molecular formula is C17H26Cl3N3O2. The Morgan fingerprint density at radius 2 is 2.16 bits per heavy atom. The van der Waals surface area contributed by atoms with Crippen LogP contribution in [0.25, 0.3) is 0 Å². The number of halogens is 3. The number of benzene rings is 1. The molecule has 0 radical (unpaired) electrons. The van der Waals surface area contributed by atoms with E-state index in [-0.39, 0.29) is 42.9 Å². The van der Waals surface area contributed by atoms with Gasteiger partial charge >= 0.3 is 0 Å². The molecule has 2 fully saturated rings. The molecule has 2 unspecified atom stereocenters. The molecule has 1 amide bonds. The van der Waals surface area contributed by atoms with Crippen LogP contribution in [0.15, 0.2) is 24.3 Å². The van der Waals surface area contributed by atoms with E-state index in [1.54, 1.807) is 0 Å². The second-order valence-electron chi connectivity index (χ2n) is 6.06. The van der Waals surface area contributed by atoms with E-state index in [0.29, 0.717) is 24.7 Å². The van der Waals surface area contributed by atoms with Gasteiger partial charge in [0.15, 0.2) is 0 Å². The Labute approximate surface area is 166 Å². The molecule has 25 heavy (non-hydrogen) atoms. The van der Waals surface area contributed by atoms with Crippen LogP contribution in [0.5, 0.6) is 0 Å². The number of amides is 1. The molecule has 142 valence electrons. The predicted octanol–water partition coefficient (Wildman–Crippen LogP) is 2.38. The van der Waals surface area contributed by atoms with Crippen molar-refractivity contribution in [3.05, 3.63) is 34.9 Å².